The summed E-state index contributed by atoms with van der Waals surface area (Å²) in [5, 5.41) is 3.71. The average molecular weight is 617 g/mol. The van der Waals surface area contributed by atoms with E-state index in [1.165, 1.54) is 24.5 Å². The van der Waals surface area contributed by atoms with Gasteiger partial charge in [0, 0.05) is 48.8 Å². The Morgan fingerprint density at radius 2 is 1.95 bits per heavy atom. The average Bonchev–Trinajstić information content (AvgIpc) is 3.53. The van der Waals surface area contributed by atoms with Gasteiger partial charge in [0.05, 0.1) is 47.5 Å². The lowest BCUT2D eigenvalue weighted by Crippen LogP contribution is -2.36. The summed E-state index contributed by atoms with van der Waals surface area (Å²) in [5.74, 6) is 0.141. The van der Waals surface area contributed by atoms with Crippen LogP contribution in [0.2, 0.25) is 5.02 Å². The number of benzene rings is 2. The number of nitrogens with zero attached hydrogens (tertiary/aromatic N) is 3. The predicted molar refractivity (Wildman–Crippen MR) is 156 cm³/mol. The van der Waals surface area contributed by atoms with Crippen molar-refractivity contribution in [3.63, 3.8) is 0 Å². The Labute approximate surface area is 247 Å². The highest BCUT2D eigenvalue weighted by Crippen LogP contribution is 2.33. The number of ketones is 1. The number of halogens is 2. The molecule has 3 saturated heterocycles. The van der Waals surface area contributed by atoms with Crippen molar-refractivity contribution in [2.45, 2.75) is 31.2 Å². The number of hydrogen-bond donors (Lipinski definition) is 1. The first-order chi connectivity index (χ1) is 20.2. The molecule has 3 unspecified atom stereocenters. The number of carbonyl (C=O) groups is 1. The smallest absolute Gasteiger partial charge is 0.159 e. The van der Waals surface area contributed by atoms with Gasteiger partial charge in [-0.3, -0.25) is 9.69 Å². The van der Waals surface area contributed by atoms with Crippen molar-refractivity contribution in [1.29, 1.82) is 0 Å². The molecule has 3 atom stereocenters. The third kappa shape index (κ3) is 6.73. The molecule has 3 aromatic rings. The number of aromatic nitrogens is 2. The number of anilines is 2. The van der Waals surface area contributed by atoms with Crippen molar-refractivity contribution < 1.29 is 31.8 Å². The van der Waals surface area contributed by atoms with Crippen LogP contribution >= 0.6 is 11.6 Å². The molecule has 0 amide bonds. The normalized spacial score (nSPS) is 23.8. The SMILES string of the molecule is O=C(/C=C/CN1CC2OCCOC2C1)Cc1cc2c(Nc3ccc(F)c(Cl)c3)ncnc2cc1OC1CCS(=O)(=O)C1. The van der Waals surface area contributed by atoms with Gasteiger partial charge in [0.2, 0.25) is 0 Å². The zero-order valence-electron chi connectivity index (χ0n) is 22.7. The highest BCUT2D eigenvalue weighted by molar-refractivity contribution is 7.91. The predicted octanol–water partition coefficient (Wildman–Crippen LogP) is 3.50. The standard InChI is InChI=1S/C29H30ClFN4O6S/c30-23-12-19(3-4-24(23)31)34-29-22-11-18(10-20(36)2-1-6-35-14-27-28(15-35)40-8-7-39-27)26(13-25(22)32-17-33-29)41-21-5-9-42(37,38)16-21/h1-4,11-13,17,21,27-28H,5-10,14-16H2,(H,32,33,34)/b2-1+. The minimum Gasteiger partial charge on any atom is -0.489 e. The van der Waals surface area contributed by atoms with E-state index < -0.39 is 21.8 Å². The quantitative estimate of drug-likeness (QED) is 0.358. The second kappa shape index (κ2) is 12.2. The largest absolute Gasteiger partial charge is 0.489 e. The van der Waals surface area contributed by atoms with Crippen LogP contribution in [-0.4, -0.2) is 91.7 Å². The summed E-state index contributed by atoms with van der Waals surface area (Å²) < 4.78 is 55.5. The number of likely N-dealkylation sites (tertiary alicyclic amines) is 1. The van der Waals surface area contributed by atoms with Crippen LogP contribution in [0.3, 0.4) is 0 Å². The van der Waals surface area contributed by atoms with Crippen molar-refractivity contribution in [3.8, 4) is 5.75 Å². The summed E-state index contributed by atoms with van der Waals surface area (Å²) in [6.07, 6.45) is 4.78. The molecule has 42 heavy (non-hydrogen) atoms. The lowest BCUT2D eigenvalue weighted by Gasteiger charge is -2.24. The van der Waals surface area contributed by atoms with E-state index in [9.17, 15) is 17.6 Å². The van der Waals surface area contributed by atoms with Crippen LogP contribution in [0.25, 0.3) is 10.9 Å². The Balaban J connectivity index is 1.23. The molecule has 13 heteroatoms. The molecule has 0 spiro atoms. The van der Waals surface area contributed by atoms with Crippen LogP contribution in [0.4, 0.5) is 15.9 Å². The van der Waals surface area contributed by atoms with Gasteiger partial charge < -0.3 is 19.5 Å². The van der Waals surface area contributed by atoms with E-state index in [0.717, 1.165) is 13.1 Å². The van der Waals surface area contributed by atoms with E-state index in [1.54, 1.807) is 18.2 Å². The number of nitrogens with one attached hydrogen (secondary N) is 1. The molecule has 222 valence electrons. The molecule has 10 nitrogen and oxygen atoms in total. The number of allylic oxidation sites excluding steroid dienone is 1. The van der Waals surface area contributed by atoms with Gasteiger partial charge in [0.1, 0.15) is 29.8 Å². The molecule has 0 radical (unpaired) electrons. The van der Waals surface area contributed by atoms with Crippen LogP contribution in [0, 0.1) is 5.82 Å². The molecule has 6 rings (SSSR count). The molecule has 0 saturated carbocycles. The monoisotopic (exact) mass is 616 g/mol. The lowest BCUT2D eigenvalue weighted by atomic mass is 10.0. The van der Waals surface area contributed by atoms with Crippen molar-refractivity contribution in [1.82, 2.24) is 14.9 Å². The first-order valence-electron chi connectivity index (χ1n) is 13.7. The maximum Gasteiger partial charge on any atom is 0.159 e. The molecule has 3 aliphatic heterocycles. The number of ether oxygens (including phenoxy) is 3. The first kappa shape index (κ1) is 28.9. The zero-order valence-corrected chi connectivity index (χ0v) is 24.2. The van der Waals surface area contributed by atoms with Crippen LogP contribution in [0.1, 0.15) is 12.0 Å². The van der Waals surface area contributed by atoms with Gasteiger partial charge in [-0.1, -0.05) is 17.7 Å². The number of carbonyl (C=O) groups excluding carboxylic acids is 1. The topological polar surface area (TPSA) is 120 Å². The van der Waals surface area contributed by atoms with Crippen molar-refractivity contribution >= 4 is 49.6 Å². The van der Waals surface area contributed by atoms with Crippen molar-refractivity contribution in [2.75, 3.05) is 49.7 Å². The number of hydrogen-bond acceptors (Lipinski definition) is 10. The Bertz CT molecular complexity index is 1620. The molecule has 0 bridgehead atoms. The molecule has 1 aromatic heterocycles. The van der Waals surface area contributed by atoms with Crippen LogP contribution in [-0.2, 0) is 30.5 Å². The second-order valence-electron chi connectivity index (χ2n) is 10.7. The molecular formula is C29H30ClFN4O6S. The van der Waals surface area contributed by atoms with E-state index in [1.807, 2.05) is 6.08 Å². The second-order valence-corrected chi connectivity index (χ2v) is 13.3. The third-order valence-corrected chi connectivity index (χ3v) is 9.58. The Kier molecular flexibility index (Phi) is 8.42. The van der Waals surface area contributed by atoms with E-state index in [4.69, 9.17) is 25.8 Å². The highest BCUT2D eigenvalue weighted by atomic mass is 35.5. The van der Waals surface area contributed by atoms with E-state index in [-0.39, 0.29) is 40.9 Å². The Morgan fingerprint density at radius 1 is 1.17 bits per heavy atom. The molecular weight excluding hydrogens is 587 g/mol. The maximum absolute atomic E-state index is 13.7. The fourth-order valence-corrected chi connectivity index (χ4v) is 7.26. The third-order valence-electron chi connectivity index (χ3n) is 7.55. The first-order valence-corrected chi connectivity index (χ1v) is 15.9. The molecule has 3 aliphatic rings. The maximum atomic E-state index is 13.7. The summed E-state index contributed by atoms with van der Waals surface area (Å²) in [6.45, 7) is 3.31. The van der Waals surface area contributed by atoms with Gasteiger partial charge in [0.25, 0.3) is 0 Å². The summed E-state index contributed by atoms with van der Waals surface area (Å²) in [5.41, 5.74) is 1.63. The van der Waals surface area contributed by atoms with Crippen LogP contribution in [0.5, 0.6) is 5.75 Å². The highest BCUT2D eigenvalue weighted by Gasteiger charge is 2.36. The van der Waals surface area contributed by atoms with Crippen molar-refractivity contribution in [3.05, 3.63) is 65.2 Å². The number of sulfone groups is 1. The van der Waals surface area contributed by atoms with Gasteiger partial charge in [-0.15, -0.1) is 0 Å². The Hall–Kier alpha value is -3.16. The fraction of sp³-hybridized carbons (Fsp3) is 0.414. The van der Waals surface area contributed by atoms with E-state index in [2.05, 4.69) is 20.2 Å². The summed E-state index contributed by atoms with van der Waals surface area (Å²) in [4.78, 5) is 24.0. The van der Waals surface area contributed by atoms with Crippen molar-refractivity contribution in [2.24, 2.45) is 0 Å². The molecule has 1 N–H and O–H groups in total. The van der Waals surface area contributed by atoms with E-state index in [0.29, 0.717) is 59.9 Å². The van der Waals surface area contributed by atoms with Gasteiger partial charge in [0.15, 0.2) is 15.6 Å². The zero-order chi connectivity index (χ0) is 29.3. The summed E-state index contributed by atoms with van der Waals surface area (Å²) in [6, 6.07) is 7.71. The van der Waals surface area contributed by atoms with Crippen LogP contribution in [0.15, 0.2) is 48.8 Å². The summed E-state index contributed by atoms with van der Waals surface area (Å²) >= 11 is 5.95. The van der Waals surface area contributed by atoms with E-state index >= 15 is 0 Å². The van der Waals surface area contributed by atoms with Gasteiger partial charge in [-0.25, -0.2) is 22.8 Å². The lowest BCUT2D eigenvalue weighted by molar-refractivity contribution is -0.116. The Morgan fingerprint density at radius 3 is 2.67 bits per heavy atom. The number of fused-ring (bicyclic) bond motifs is 2. The molecule has 3 fully saturated rings. The minimum absolute atomic E-state index is 0.0232. The van der Waals surface area contributed by atoms with Gasteiger partial charge in [-0.2, -0.15) is 0 Å². The molecule has 4 heterocycles. The van der Waals surface area contributed by atoms with Gasteiger partial charge in [-0.05, 0) is 36.8 Å². The fourth-order valence-electron chi connectivity index (χ4n) is 5.49. The molecule has 2 aromatic carbocycles. The minimum atomic E-state index is -3.17. The van der Waals surface area contributed by atoms with Gasteiger partial charge >= 0.3 is 0 Å². The molecule has 0 aliphatic carbocycles. The van der Waals surface area contributed by atoms with Crippen LogP contribution < -0.4 is 10.1 Å². The summed E-state index contributed by atoms with van der Waals surface area (Å²) in [7, 11) is -3.17. The number of rotatable bonds is 9.